The van der Waals surface area contributed by atoms with Gasteiger partial charge in [-0.3, -0.25) is 4.68 Å². The highest BCUT2D eigenvalue weighted by molar-refractivity contribution is 5.07. The van der Waals surface area contributed by atoms with Crippen molar-refractivity contribution >= 4 is 0 Å². The molecule has 0 radical (unpaired) electrons. The first kappa shape index (κ1) is 10.8. The number of rotatable bonds is 2. The van der Waals surface area contributed by atoms with Crippen LogP contribution in [-0.4, -0.2) is 30.0 Å². The van der Waals surface area contributed by atoms with Gasteiger partial charge in [-0.25, -0.2) is 4.68 Å². The zero-order chi connectivity index (χ0) is 11.8. The van der Waals surface area contributed by atoms with Crippen LogP contribution < -0.4 is 0 Å². The van der Waals surface area contributed by atoms with Crippen LogP contribution in [-0.2, 0) is 19.0 Å². The summed E-state index contributed by atoms with van der Waals surface area (Å²) < 4.78 is 3.59. The van der Waals surface area contributed by atoms with E-state index >= 15 is 0 Å². The van der Waals surface area contributed by atoms with Crippen LogP contribution in [0, 0.1) is 0 Å². The minimum absolute atomic E-state index is 0.0499. The number of tetrazole rings is 1. The van der Waals surface area contributed by atoms with Gasteiger partial charge >= 0.3 is 0 Å². The van der Waals surface area contributed by atoms with Gasteiger partial charge in [0.05, 0.1) is 12.7 Å². The standard InChI is InChI=1S/C10H16N6/c1-10(2,3)9-12-13-14-16(9)7-8-5-11-15(4)6-8/h5-6H,7H2,1-4H3. The van der Waals surface area contributed by atoms with E-state index in [1.54, 1.807) is 4.68 Å². The average molecular weight is 220 g/mol. The molecule has 2 rings (SSSR count). The van der Waals surface area contributed by atoms with Crippen molar-refractivity contribution in [3.05, 3.63) is 23.8 Å². The van der Waals surface area contributed by atoms with Crippen LogP contribution in [0.4, 0.5) is 0 Å². The molecule has 2 heterocycles. The minimum atomic E-state index is -0.0499. The van der Waals surface area contributed by atoms with E-state index in [0.717, 1.165) is 11.4 Å². The van der Waals surface area contributed by atoms with Crippen LogP contribution in [0.1, 0.15) is 32.2 Å². The molecule has 0 aliphatic carbocycles. The fourth-order valence-corrected chi connectivity index (χ4v) is 1.57. The van der Waals surface area contributed by atoms with Crippen LogP contribution >= 0.6 is 0 Å². The van der Waals surface area contributed by atoms with E-state index in [4.69, 9.17) is 0 Å². The van der Waals surface area contributed by atoms with Gasteiger partial charge in [0.1, 0.15) is 0 Å². The Hall–Kier alpha value is -1.72. The highest BCUT2D eigenvalue weighted by Crippen LogP contribution is 2.19. The monoisotopic (exact) mass is 220 g/mol. The molecule has 0 aromatic carbocycles. The van der Waals surface area contributed by atoms with Crippen LogP contribution in [0.5, 0.6) is 0 Å². The third-order valence-corrected chi connectivity index (χ3v) is 2.29. The van der Waals surface area contributed by atoms with Crippen LogP contribution in [0.25, 0.3) is 0 Å². The Kier molecular flexibility index (Phi) is 2.49. The number of nitrogens with zero attached hydrogens (tertiary/aromatic N) is 6. The molecule has 0 spiro atoms. The highest BCUT2D eigenvalue weighted by atomic mass is 15.5. The summed E-state index contributed by atoms with van der Waals surface area (Å²) in [5.74, 6) is 0.886. The van der Waals surface area contributed by atoms with Gasteiger partial charge in [0.25, 0.3) is 0 Å². The van der Waals surface area contributed by atoms with Crippen molar-refractivity contribution in [2.24, 2.45) is 7.05 Å². The van der Waals surface area contributed by atoms with E-state index in [1.807, 2.05) is 24.1 Å². The van der Waals surface area contributed by atoms with E-state index in [1.165, 1.54) is 0 Å². The molecule has 0 saturated carbocycles. The molecule has 0 aliphatic rings. The SMILES string of the molecule is Cn1cc(Cn2nnnc2C(C)(C)C)cn1. The van der Waals surface area contributed by atoms with Gasteiger partial charge in [-0.15, -0.1) is 5.10 Å². The zero-order valence-electron chi connectivity index (χ0n) is 10.0. The summed E-state index contributed by atoms with van der Waals surface area (Å²) in [4.78, 5) is 0. The van der Waals surface area contributed by atoms with Crippen molar-refractivity contribution in [1.82, 2.24) is 30.0 Å². The van der Waals surface area contributed by atoms with Crippen molar-refractivity contribution in [2.75, 3.05) is 0 Å². The van der Waals surface area contributed by atoms with E-state index in [9.17, 15) is 0 Å². The first-order valence-corrected chi connectivity index (χ1v) is 5.21. The predicted molar refractivity (Wildman–Crippen MR) is 58.8 cm³/mol. The van der Waals surface area contributed by atoms with E-state index in [2.05, 4.69) is 41.4 Å². The second-order valence-corrected chi connectivity index (χ2v) is 4.93. The number of hydrogen-bond donors (Lipinski definition) is 0. The molecule has 0 bridgehead atoms. The van der Waals surface area contributed by atoms with Crippen molar-refractivity contribution in [2.45, 2.75) is 32.7 Å². The quantitative estimate of drug-likeness (QED) is 0.749. The summed E-state index contributed by atoms with van der Waals surface area (Å²) in [7, 11) is 1.90. The molecule has 0 atom stereocenters. The minimum Gasteiger partial charge on any atom is -0.275 e. The van der Waals surface area contributed by atoms with Gasteiger partial charge in [-0.2, -0.15) is 5.10 Å². The third kappa shape index (κ3) is 2.10. The topological polar surface area (TPSA) is 61.4 Å². The second-order valence-electron chi connectivity index (χ2n) is 4.93. The summed E-state index contributed by atoms with van der Waals surface area (Å²) in [6.07, 6.45) is 3.79. The Labute approximate surface area is 94.3 Å². The molecule has 2 aromatic heterocycles. The van der Waals surface area contributed by atoms with Crippen molar-refractivity contribution in [3.8, 4) is 0 Å². The van der Waals surface area contributed by atoms with Gasteiger partial charge in [0.2, 0.25) is 0 Å². The molecule has 0 saturated heterocycles. The number of aromatic nitrogens is 6. The molecule has 16 heavy (non-hydrogen) atoms. The summed E-state index contributed by atoms with van der Waals surface area (Å²) in [5.41, 5.74) is 1.05. The Morgan fingerprint density at radius 1 is 1.31 bits per heavy atom. The number of aryl methyl sites for hydroxylation is 1. The molecule has 0 unspecified atom stereocenters. The summed E-state index contributed by atoms with van der Waals surface area (Å²) in [5, 5.41) is 15.9. The molecular weight excluding hydrogens is 204 g/mol. The molecule has 0 N–H and O–H groups in total. The third-order valence-electron chi connectivity index (χ3n) is 2.29. The molecular formula is C10H16N6. The molecule has 86 valence electrons. The average Bonchev–Trinajstić information content (AvgIpc) is 2.74. The Balaban J connectivity index is 2.25. The predicted octanol–water partition coefficient (Wildman–Crippen LogP) is 0.752. The fourth-order valence-electron chi connectivity index (χ4n) is 1.57. The zero-order valence-corrected chi connectivity index (χ0v) is 10.0. The van der Waals surface area contributed by atoms with Gasteiger partial charge < -0.3 is 0 Å². The molecule has 0 fully saturated rings. The van der Waals surface area contributed by atoms with E-state index < -0.39 is 0 Å². The number of hydrogen-bond acceptors (Lipinski definition) is 4. The van der Waals surface area contributed by atoms with Crippen LogP contribution in [0.2, 0.25) is 0 Å². The fraction of sp³-hybridized carbons (Fsp3) is 0.600. The normalized spacial score (nSPS) is 12.0. The maximum Gasteiger partial charge on any atom is 0.156 e. The molecule has 2 aromatic rings. The summed E-state index contributed by atoms with van der Waals surface area (Å²) in [6, 6.07) is 0. The van der Waals surface area contributed by atoms with Crippen LogP contribution in [0.3, 0.4) is 0 Å². The maximum absolute atomic E-state index is 4.12. The highest BCUT2D eigenvalue weighted by Gasteiger charge is 2.21. The van der Waals surface area contributed by atoms with Gasteiger partial charge in [-0.1, -0.05) is 20.8 Å². The lowest BCUT2D eigenvalue weighted by molar-refractivity contribution is 0.490. The summed E-state index contributed by atoms with van der Waals surface area (Å²) in [6.45, 7) is 6.95. The largest absolute Gasteiger partial charge is 0.275 e. The maximum atomic E-state index is 4.12. The lowest BCUT2D eigenvalue weighted by Crippen LogP contribution is -2.20. The first-order chi connectivity index (χ1) is 7.47. The van der Waals surface area contributed by atoms with E-state index in [0.29, 0.717) is 6.54 Å². The van der Waals surface area contributed by atoms with E-state index in [-0.39, 0.29) is 5.41 Å². The van der Waals surface area contributed by atoms with Gasteiger partial charge in [0, 0.05) is 24.2 Å². The molecule has 0 amide bonds. The lowest BCUT2D eigenvalue weighted by atomic mass is 9.96. The first-order valence-electron chi connectivity index (χ1n) is 5.21. The lowest BCUT2D eigenvalue weighted by Gasteiger charge is -2.16. The Morgan fingerprint density at radius 3 is 2.62 bits per heavy atom. The Morgan fingerprint density at radius 2 is 2.06 bits per heavy atom. The van der Waals surface area contributed by atoms with Crippen molar-refractivity contribution < 1.29 is 0 Å². The molecule has 6 nitrogen and oxygen atoms in total. The second kappa shape index (κ2) is 3.70. The summed E-state index contributed by atoms with van der Waals surface area (Å²) >= 11 is 0. The molecule has 0 aliphatic heterocycles. The molecule has 6 heteroatoms. The smallest absolute Gasteiger partial charge is 0.156 e. The van der Waals surface area contributed by atoms with Crippen molar-refractivity contribution in [1.29, 1.82) is 0 Å². The van der Waals surface area contributed by atoms with Gasteiger partial charge in [-0.05, 0) is 10.4 Å². The van der Waals surface area contributed by atoms with Gasteiger partial charge in [0.15, 0.2) is 5.82 Å². The Bertz CT molecular complexity index is 475. The van der Waals surface area contributed by atoms with Crippen molar-refractivity contribution in [3.63, 3.8) is 0 Å². The van der Waals surface area contributed by atoms with Crippen LogP contribution in [0.15, 0.2) is 12.4 Å².